The van der Waals surface area contributed by atoms with Gasteiger partial charge >= 0.3 is 0 Å². The number of benzene rings is 1. The summed E-state index contributed by atoms with van der Waals surface area (Å²) < 4.78 is 6.97. The first kappa shape index (κ1) is 14.5. The van der Waals surface area contributed by atoms with E-state index in [2.05, 4.69) is 21.1 Å². The van der Waals surface area contributed by atoms with E-state index in [0.717, 1.165) is 16.7 Å². The third-order valence-corrected chi connectivity index (χ3v) is 3.30. The predicted octanol–water partition coefficient (Wildman–Crippen LogP) is 1.85. The van der Waals surface area contributed by atoms with Gasteiger partial charge in [-0.2, -0.15) is 5.26 Å². The molecule has 0 amide bonds. The summed E-state index contributed by atoms with van der Waals surface area (Å²) in [6.07, 6.45) is 3.28. The van der Waals surface area contributed by atoms with Gasteiger partial charge < -0.3 is 10.5 Å². The number of hydrogen-bond donors (Lipinski definition) is 1. The minimum absolute atomic E-state index is 0.230. The zero-order valence-corrected chi connectivity index (χ0v) is 12.5. The monoisotopic (exact) mass is 306 g/mol. The van der Waals surface area contributed by atoms with Gasteiger partial charge in [0.2, 0.25) is 11.8 Å². The van der Waals surface area contributed by atoms with Crippen molar-refractivity contribution in [3.8, 4) is 23.1 Å². The van der Waals surface area contributed by atoms with Crippen LogP contribution in [0.3, 0.4) is 0 Å². The van der Waals surface area contributed by atoms with E-state index in [1.807, 2.05) is 18.2 Å². The maximum Gasteiger partial charge on any atom is 0.239 e. The van der Waals surface area contributed by atoms with Crippen LogP contribution >= 0.6 is 0 Å². The van der Waals surface area contributed by atoms with E-state index in [4.69, 9.17) is 15.7 Å². The summed E-state index contributed by atoms with van der Waals surface area (Å²) in [7, 11) is 1.57. The summed E-state index contributed by atoms with van der Waals surface area (Å²) in [5, 5.41) is 13.1. The second-order valence-corrected chi connectivity index (χ2v) is 4.89. The fraction of sp³-hybridized carbons (Fsp3) is 0.125. The van der Waals surface area contributed by atoms with Crippen LogP contribution in [0.15, 0.2) is 42.9 Å². The maximum absolute atomic E-state index is 9.06. The molecule has 1 aromatic carbocycles. The van der Waals surface area contributed by atoms with E-state index in [-0.39, 0.29) is 5.95 Å². The second kappa shape index (κ2) is 6.15. The number of anilines is 1. The van der Waals surface area contributed by atoms with Gasteiger partial charge in [-0.15, -0.1) is 5.10 Å². The van der Waals surface area contributed by atoms with Gasteiger partial charge in [0.15, 0.2) is 0 Å². The smallest absolute Gasteiger partial charge is 0.239 e. The molecule has 2 aromatic heterocycles. The van der Waals surface area contributed by atoms with Crippen molar-refractivity contribution in [1.82, 2.24) is 19.7 Å². The second-order valence-electron chi connectivity index (χ2n) is 4.89. The molecule has 0 radical (unpaired) electrons. The van der Waals surface area contributed by atoms with Crippen LogP contribution < -0.4 is 10.5 Å². The third-order valence-electron chi connectivity index (χ3n) is 3.30. The molecule has 0 spiro atoms. The number of rotatable bonds is 4. The van der Waals surface area contributed by atoms with Gasteiger partial charge in [-0.05, 0) is 29.3 Å². The average Bonchev–Trinajstić information content (AvgIpc) is 2.99. The van der Waals surface area contributed by atoms with Crippen molar-refractivity contribution in [1.29, 1.82) is 5.26 Å². The molecule has 3 aromatic rings. The quantitative estimate of drug-likeness (QED) is 0.789. The highest BCUT2D eigenvalue weighted by Crippen LogP contribution is 2.29. The van der Waals surface area contributed by atoms with E-state index in [1.54, 1.807) is 36.4 Å². The third kappa shape index (κ3) is 3.11. The lowest BCUT2D eigenvalue weighted by molar-refractivity contribution is 0.399. The topological polar surface area (TPSA) is 103 Å². The molecule has 0 aliphatic rings. The molecular weight excluding hydrogens is 292 g/mol. The Labute approximate surface area is 133 Å². The lowest BCUT2D eigenvalue weighted by atomic mass is 10.0. The minimum atomic E-state index is 0.230. The van der Waals surface area contributed by atoms with Crippen molar-refractivity contribution in [2.75, 3.05) is 12.8 Å². The first-order chi connectivity index (χ1) is 11.2. The van der Waals surface area contributed by atoms with Crippen molar-refractivity contribution in [2.24, 2.45) is 0 Å². The number of ether oxygens (including phenoxy) is 1. The van der Waals surface area contributed by atoms with E-state index >= 15 is 0 Å². The molecule has 0 fully saturated rings. The molecule has 7 nitrogen and oxygen atoms in total. The number of hydrogen-bond acceptors (Lipinski definition) is 6. The van der Waals surface area contributed by atoms with Crippen LogP contribution in [0, 0.1) is 11.3 Å². The molecule has 0 saturated heterocycles. The van der Waals surface area contributed by atoms with Gasteiger partial charge in [0.05, 0.1) is 25.3 Å². The highest BCUT2D eigenvalue weighted by atomic mass is 16.5. The van der Waals surface area contributed by atoms with Gasteiger partial charge in [-0.25, -0.2) is 14.6 Å². The summed E-state index contributed by atoms with van der Waals surface area (Å²) in [5.41, 5.74) is 8.71. The Balaban J connectivity index is 2.00. The molecule has 0 atom stereocenters. The Hall–Kier alpha value is -3.40. The van der Waals surface area contributed by atoms with Gasteiger partial charge in [-0.3, -0.25) is 0 Å². The number of nitrogen functional groups attached to an aromatic ring is 1. The van der Waals surface area contributed by atoms with Crippen LogP contribution in [-0.2, 0) is 6.54 Å². The SMILES string of the molecule is COc1ncc(Cn2cnc(N)n2)cc1-c1cccc(C#N)c1. The fourth-order valence-electron chi connectivity index (χ4n) is 2.28. The van der Waals surface area contributed by atoms with E-state index in [9.17, 15) is 0 Å². The van der Waals surface area contributed by atoms with Gasteiger partial charge in [-0.1, -0.05) is 12.1 Å². The summed E-state index contributed by atoms with van der Waals surface area (Å²) in [4.78, 5) is 8.23. The number of nitriles is 1. The molecule has 0 aliphatic carbocycles. The summed E-state index contributed by atoms with van der Waals surface area (Å²) in [6.45, 7) is 0.492. The Morgan fingerprint density at radius 3 is 2.87 bits per heavy atom. The minimum Gasteiger partial charge on any atom is -0.481 e. The van der Waals surface area contributed by atoms with Gasteiger partial charge in [0, 0.05) is 11.8 Å². The fourth-order valence-corrected chi connectivity index (χ4v) is 2.28. The summed E-state index contributed by atoms with van der Waals surface area (Å²) in [5.74, 6) is 0.732. The van der Waals surface area contributed by atoms with E-state index < -0.39 is 0 Å². The van der Waals surface area contributed by atoms with Gasteiger partial charge in [0.1, 0.15) is 6.33 Å². The highest BCUT2D eigenvalue weighted by molar-refractivity contribution is 5.70. The Bertz CT molecular complexity index is 880. The average molecular weight is 306 g/mol. The summed E-state index contributed by atoms with van der Waals surface area (Å²) >= 11 is 0. The number of methoxy groups -OCH3 is 1. The molecule has 0 bridgehead atoms. The van der Waals surface area contributed by atoms with Crippen molar-refractivity contribution < 1.29 is 4.74 Å². The van der Waals surface area contributed by atoms with E-state index in [1.165, 1.54) is 0 Å². The Kier molecular flexibility index (Phi) is 3.89. The Morgan fingerprint density at radius 1 is 1.30 bits per heavy atom. The summed E-state index contributed by atoms with van der Waals surface area (Å²) in [6, 6.07) is 11.4. The van der Waals surface area contributed by atoms with Crippen LogP contribution in [-0.4, -0.2) is 26.9 Å². The van der Waals surface area contributed by atoms with Crippen molar-refractivity contribution in [3.63, 3.8) is 0 Å². The van der Waals surface area contributed by atoms with Crippen LogP contribution in [0.1, 0.15) is 11.1 Å². The number of pyridine rings is 1. The van der Waals surface area contributed by atoms with E-state index in [0.29, 0.717) is 18.0 Å². The maximum atomic E-state index is 9.06. The molecule has 7 heteroatoms. The molecule has 0 aliphatic heterocycles. The molecule has 3 rings (SSSR count). The molecule has 0 saturated carbocycles. The molecule has 2 N–H and O–H groups in total. The number of aromatic nitrogens is 4. The van der Waals surface area contributed by atoms with Crippen LogP contribution in [0.2, 0.25) is 0 Å². The number of nitrogens with zero attached hydrogens (tertiary/aromatic N) is 5. The first-order valence-electron chi connectivity index (χ1n) is 6.88. The van der Waals surface area contributed by atoms with Crippen molar-refractivity contribution >= 4 is 5.95 Å². The normalized spacial score (nSPS) is 10.3. The molecule has 0 unspecified atom stereocenters. The Morgan fingerprint density at radius 2 is 2.17 bits per heavy atom. The zero-order chi connectivity index (χ0) is 16.2. The van der Waals surface area contributed by atoms with Gasteiger partial charge in [0.25, 0.3) is 0 Å². The van der Waals surface area contributed by atoms with Crippen LogP contribution in [0.4, 0.5) is 5.95 Å². The van der Waals surface area contributed by atoms with Crippen molar-refractivity contribution in [2.45, 2.75) is 6.54 Å². The standard InChI is InChI=1S/C16H14N6O/c1-23-15-14(13-4-2-3-11(5-13)7-17)6-12(8-19-15)9-22-10-20-16(18)21-22/h2-6,8,10H,9H2,1H3,(H2,18,21). The molecule has 2 heterocycles. The zero-order valence-electron chi connectivity index (χ0n) is 12.5. The lowest BCUT2D eigenvalue weighted by Crippen LogP contribution is -2.03. The largest absolute Gasteiger partial charge is 0.481 e. The van der Waals surface area contributed by atoms with Crippen LogP contribution in [0.5, 0.6) is 5.88 Å². The van der Waals surface area contributed by atoms with Crippen molar-refractivity contribution in [3.05, 3.63) is 54.0 Å². The highest BCUT2D eigenvalue weighted by Gasteiger charge is 2.10. The first-order valence-corrected chi connectivity index (χ1v) is 6.88. The number of nitrogens with two attached hydrogens (primary N) is 1. The lowest BCUT2D eigenvalue weighted by Gasteiger charge is -2.10. The molecule has 114 valence electrons. The van der Waals surface area contributed by atoms with Crippen LogP contribution in [0.25, 0.3) is 11.1 Å². The molecular formula is C16H14N6O. The predicted molar refractivity (Wildman–Crippen MR) is 84.5 cm³/mol. The molecule has 23 heavy (non-hydrogen) atoms.